The second-order valence-corrected chi connectivity index (χ2v) is 6.36. The summed E-state index contributed by atoms with van der Waals surface area (Å²) in [6.07, 6.45) is -0.558. The SMILES string of the molecule is O[C@H](c1ccc(Cl)cc1)[C@H](CN1CCOCC1)c1ccccc1. The summed E-state index contributed by atoms with van der Waals surface area (Å²) in [6, 6.07) is 17.7. The van der Waals surface area contributed by atoms with Crippen LogP contribution in [0.4, 0.5) is 0 Å². The molecule has 0 unspecified atom stereocenters. The van der Waals surface area contributed by atoms with Gasteiger partial charge in [-0.25, -0.2) is 0 Å². The van der Waals surface area contributed by atoms with E-state index in [1.165, 1.54) is 0 Å². The summed E-state index contributed by atoms with van der Waals surface area (Å²) in [7, 11) is 0. The monoisotopic (exact) mass is 331 g/mol. The molecule has 1 heterocycles. The fourth-order valence-electron chi connectivity index (χ4n) is 3.04. The number of ether oxygens (including phenoxy) is 1. The van der Waals surface area contributed by atoms with E-state index in [0.29, 0.717) is 5.02 Å². The summed E-state index contributed by atoms with van der Waals surface area (Å²) >= 11 is 5.96. The molecule has 3 nitrogen and oxygen atoms in total. The Balaban J connectivity index is 1.83. The lowest BCUT2D eigenvalue weighted by atomic mass is 9.88. The second-order valence-electron chi connectivity index (χ2n) is 5.93. The van der Waals surface area contributed by atoms with Crippen LogP contribution in [0.3, 0.4) is 0 Å². The molecule has 4 heteroatoms. The summed E-state index contributed by atoms with van der Waals surface area (Å²) in [4.78, 5) is 2.36. The Morgan fingerprint density at radius 1 is 0.957 bits per heavy atom. The zero-order valence-corrected chi connectivity index (χ0v) is 13.8. The van der Waals surface area contributed by atoms with Crippen LogP contribution in [0.25, 0.3) is 0 Å². The van der Waals surface area contributed by atoms with Gasteiger partial charge in [-0.15, -0.1) is 0 Å². The van der Waals surface area contributed by atoms with Crippen molar-refractivity contribution >= 4 is 11.6 Å². The molecule has 0 aromatic heterocycles. The number of hydrogen-bond donors (Lipinski definition) is 1. The topological polar surface area (TPSA) is 32.7 Å². The molecular formula is C19H22ClNO2. The van der Waals surface area contributed by atoms with Gasteiger partial charge in [-0.2, -0.15) is 0 Å². The Kier molecular flexibility index (Phi) is 5.68. The van der Waals surface area contributed by atoms with Crippen molar-refractivity contribution in [1.82, 2.24) is 4.90 Å². The molecule has 3 rings (SSSR count). The molecular weight excluding hydrogens is 310 g/mol. The van der Waals surface area contributed by atoms with E-state index in [1.807, 2.05) is 42.5 Å². The third kappa shape index (κ3) is 4.33. The van der Waals surface area contributed by atoms with Gasteiger partial charge in [0.15, 0.2) is 0 Å². The van der Waals surface area contributed by atoms with Gasteiger partial charge in [0, 0.05) is 30.6 Å². The van der Waals surface area contributed by atoms with Crippen molar-refractivity contribution in [2.45, 2.75) is 12.0 Å². The molecule has 1 saturated heterocycles. The Morgan fingerprint density at radius 3 is 2.26 bits per heavy atom. The third-order valence-corrected chi connectivity index (χ3v) is 4.63. The van der Waals surface area contributed by atoms with Gasteiger partial charge in [0.1, 0.15) is 0 Å². The highest BCUT2D eigenvalue weighted by atomic mass is 35.5. The van der Waals surface area contributed by atoms with Gasteiger partial charge in [-0.05, 0) is 23.3 Å². The molecule has 0 spiro atoms. The van der Waals surface area contributed by atoms with Crippen LogP contribution in [0.1, 0.15) is 23.1 Å². The molecule has 122 valence electrons. The number of hydrogen-bond acceptors (Lipinski definition) is 3. The van der Waals surface area contributed by atoms with Crippen LogP contribution in [0.5, 0.6) is 0 Å². The lowest BCUT2D eigenvalue weighted by Crippen LogP contribution is -2.39. The van der Waals surface area contributed by atoms with Crippen LogP contribution in [0.15, 0.2) is 54.6 Å². The number of benzene rings is 2. The first-order chi connectivity index (χ1) is 11.2. The largest absolute Gasteiger partial charge is 0.388 e. The smallest absolute Gasteiger partial charge is 0.0870 e. The normalized spacial score (nSPS) is 18.5. The van der Waals surface area contributed by atoms with E-state index in [4.69, 9.17) is 16.3 Å². The quantitative estimate of drug-likeness (QED) is 0.910. The first-order valence-electron chi connectivity index (χ1n) is 8.02. The molecule has 0 saturated carbocycles. The van der Waals surface area contributed by atoms with Gasteiger partial charge in [0.25, 0.3) is 0 Å². The Bertz CT molecular complexity index is 597. The van der Waals surface area contributed by atoms with Crippen LogP contribution in [0, 0.1) is 0 Å². The number of aliphatic hydroxyl groups is 1. The average molecular weight is 332 g/mol. The third-order valence-electron chi connectivity index (χ3n) is 4.38. The Morgan fingerprint density at radius 2 is 1.61 bits per heavy atom. The number of rotatable bonds is 5. The maximum Gasteiger partial charge on any atom is 0.0870 e. The number of morpholine rings is 1. The van der Waals surface area contributed by atoms with Gasteiger partial charge in [0.2, 0.25) is 0 Å². The molecule has 0 radical (unpaired) electrons. The van der Waals surface area contributed by atoms with E-state index in [-0.39, 0.29) is 5.92 Å². The van der Waals surface area contributed by atoms with E-state index in [9.17, 15) is 5.11 Å². The van der Waals surface area contributed by atoms with Gasteiger partial charge in [-0.1, -0.05) is 54.1 Å². The summed E-state index contributed by atoms with van der Waals surface area (Å²) in [5.41, 5.74) is 2.05. The molecule has 0 bridgehead atoms. The molecule has 1 aliphatic heterocycles. The number of nitrogens with zero attached hydrogens (tertiary/aromatic N) is 1. The zero-order valence-electron chi connectivity index (χ0n) is 13.1. The highest BCUT2D eigenvalue weighted by Crippen LogP contribution is 2.32. The highest BCUT2D eigenvalue weighted by molar-refractivity contribution is 6.30. The van der Waals surface area contributed by atoms with Crippen molar-refractivity contribution in [2.75, 3.05) is 32.8 Å². The van der Waals surface area contributed by atoms with Gasteiger partial charge in [-0.3, -0.25) is 4.90 Å². The lowest BCUT2D eigenvalue weighted by Gasteiger charge is -2.33. The summed E-state index contributed by atoms with van der Waals surface area (Å²) in [5.74, 6) is 0.0236. The summed E-state index contributed by atoms with van der Waals surface area (Å²) in [5, 5.41) is 11.6. The Labute approximate surface area is 142 Å². The van der Waals surface area contributed by atoms with Crippen molar-refractivity contribution in [3.05, 3.63) is 70.7 Å². The maximum atomic E-state index is 11.0. The van der Waals surface area contributed by atoms with Crippen molar-refractivity contribution < 1.29 is 9.84 Å². The van der Waals surface area contributed by atoms with Crippen LogP contribution >= 0.6 is 11.6 Å². The minimum absolute atomic E-state index is 0.0236. The number of halogens is 1. The minimum Gasteiger partial charge on any atom is -0.388 e. The highest BCUT2D eigenvalue weighted by Gasteiger charge is 2.26. The Hall–Kier alpha value is -1.39. The molecule has 1 aliphatic rings. The molecule has 0 aliphatic carbocycles. The fraction of sp³-hybridized carbons (Fsp3) is 0.368. The average Bonchev–Trinajstić information content (AvgIpc) is 2.61. The minimum atomic E-state index is -0.558. The van der Waals surface area contributed by atoms with Crippen LogP contribution in [-0.2, 0) is 4.74 Å². The standard InChI is InChI=1S/C19H22ClNO2/c20-17-8-6-16(7-9-17)19(22)18(15-4-2-1-3-5-15)14-21-10-12-23-13-11-21/h1-9,18-19,22H,10-14H2/t18-,19-/m1/s1. The van der Waals surface area contributed by atoms with E-state index in [1.54, 1.807) is 0 Å². The summed E-state index contributed by atoms with van der Waals surface area (Å²) in [6.45, 7) is 4.17. The van der Waals surface area contributed by atoms with Crippen molar-refractivity contribution in [3.63, 3.8) is 0 Å². The molecule has 1 N–H and O–H groups in total. The second kappa shape index (κ2) is 7.93. The molecule has 1 fully saturated rings. The van der Waals surface area contributed by atoms with Crippen molar-refractivity contribution in [1.29, 1.82) is 0 Å². The van der Waals surface area contributed by atoms with Gasteiger partial charge >= 0.3 is 0 Å². The number of aliphatic hydroxyl groups excluding tert-OH is 1. The predicted molar refractivity (Wildman–Crippen MR) is 92.9 cm³/mol. The maximum absolute atomic E-state index is 11.0. The fourth-order valence-corrected chi connectivity index (χ4v) is 3.17. The zero-order chi connectivity index (χ0) is 16.1. The lowest BCUT2D eigenvalue weighted by molar-refractivity contribution is 0.0240. The molecule has 0 amide bonds. The molecule has 2 aromatic carbocycles. The van der Waals surface area contributed by atoms with E-state index in [0.717, 1.165) is 44.0 Å². The molecule has 2 aromatic rings. The van der Waals surface area contributed by atoms with Crippen LogP contribution < -0.4 is 0 Å². The van der Waals surface area contributed by atoms with E-state index in [2.05, 4.69) is 17.0 Å². The molecule has 23 heavy (non-hydrogen) atoms. The van der Waals surface area contributed by atoms with Crippen LogP contribution in [0.2, 0.25) is 5.02 Å². The van der Waals surface area contributed by atoms with E-state index >= 15 is 0 Å². The van der Waals surface area contributed by atoms with Crippen molar-refractivity contribution in [2.24, 2.45) is 0 Å². The first kappa shape index (κ1) is 16.5. The van der Waals surface area contributed by atoms with E-state index < -0.39 is 6.10 Å². The van der Waals surface area contributed by atoms with Crippen LogP contribution in [-0.4, -0.2) is 42.9 Å². The molecule has 2 atom stereocenters. The van der Waals surface area contributed by atoms with Gasteiger partial charge < -0.3 is 9.84 Å². The first-order valence-corrected chi connectivity index (χ1v) is 8.40. The summed E-state index contributed by atoms with van der Waals surface area (Å²) < 4.78 is 5.43. The van der Waals surface area contributed by atoms with Crippen molar-refractivity contribution in [3.8, 4) is 0 Å². The predicted octanol–water partition coefficient (Wildman–Crippen LogP) is 3.49. The van der Waals surface area contributed by atoms with Gasteiger partial charge in [0.05, 0.1) is 19.3 Å².